The molecule has 0 atom stereocenters. The molecule has 2 aromatic carbocycles. The molecule has 0 spiro atoms. The molecule has 228 valence electrons. The molecule has 11 nitrogen and oxygen atoms in total. The third-order valence-corrected chi connectivity index (χ3v) is 8.73. The van der Waals surface area contributed by atoms with Crippen LogP contribution < -0.4 is 10.0 Å². The highest BCUT2D eigenvalue weighted by atomic mass is 32.2. The molecule has 0 radical (unpaired) electrons. The second-order valence-corrected chi connectivity index (χ2v) is 13.2. The van der Waals surface area contributed by atoms with Gasteiger partial charge in [-0.25, -0.2) is 27.4 Å². The number of aromatic carboxylic acids is 1. The van der Waals surface area contributed by atoms with Crippen LogP contribution in [0.15, 0.2) is 65.0 Å². The largest absolute Gasteiger partial charge is 0.478 e. The van der Waals surface area contributed by atoms with E-state index >= 15 is 0 Å². The zero-order valence-corrected chi connectivity index (χ0v) is 24.6. The summed E-state index contributed by atoms with van der Waals surface area (Å²) in [6.45, 7) is 4.99. The van der Waals surface area contributed by atoms with Gasteiger partial charge in [0, 0.05) is 23.5 Å². The molecule has 2 heterocycles. The highest BCUT2D eigenvalue weighted by Crippen LogP contribution is 2.34. The summed E-state index contributed by atoms with van der Waals surface area (Å²) in [7, 11) is -3.95. The lowest BCUT2D eigenvalue weighted by atomic mass is 10.1. The number of benzene rings is 2. The van der Waals surface area contributed by atoms with Gasteiger partial charge in [-0.05, 0) is 68.8 Å². The third-order valence-electron chi connectivity index (χ3n) is 5.65. The Morgan fingerprint density at radius 3 is 2.33 bits per heavy atom. The first-order valence-electron chi connectivity index (χ1n) is 12.6. The van der Waals surface area contributed by atoms with E-state index in [0.29, 0.717) is 16.0 Å². The minimum absolute atomic E-state index is 0.0112. The van der Waals surface area contributed by atoms with Crippen molar-refractivity contribution in [1.29, 1.82) is 0 Å². The number of alkyl carbamates (subject to hydrolysis) is 1. The summed E-state index contributed by atoms with van der Waals surface area (Å²) >= 11 is 0.902. The van der Waals surface area contributed by atoms with Crippen LogP contribution in [0.5, 0.6) is 0 Å². The van der Waals surface area contributed by atoms with E-state index in [4.69, 9.17) is 4.74 Å². The second kappa shape index (κ2) is 12.1. The van der Waals surface area contributed by atoms with Gasteiger partial charge < -0.3 is 15.2 Å². The molecule has 0 aliphatic rings. The number of nitrogens with zero attached hydrogens (tertiary/aromatic N) is 3. The van der Waals surface area contributed by atoms with Gasteiger partial charge in [0.2, 0.25) is 10.0 Å². The molecular formula is C27H26F3N5O6S2. The molecule has 4 aromatic rings. The van der Waals surface area contributed by atoms with Crippen LogP contribution in [0.1, 0.15) is 36.7 Å². The maximum Gasteiger partial charge on any atom is 0.416 e. The van der Waals surface area contributed by atoms with Gasteiger partial charge in [0.15, 0.2) is 0 Å². The van der Waals surface area contributed by atoms with Gasteiger partial charge in [0.25, 0.3) is 0 Å². The van der Waals surface area contributed by atoms with Crippen LogP contribution in [0.4, 0.5) is 18.0 Å². The molecule has 0 bridgehead atoms. The number of ether oxygens (including phenoxy) is 1. The maximum absolute atomic E-state index is 12.9. The Kier molecular flexibility index (Phi) is 8.94. The van der Waals surface area contributed by atoms with Crippen molar-refractivity contribution in [3.8, 4) is 27.4 Å². The van der Waals surface area contributed by atoms with Crippen molar-refractivity contribution in [2.45, 2.75) is 36.8 Å². The Hall–Kier alpha value is -4.28. The lowest BCUT2D eigenvalue weighted by Gasteiger charge is -2.19. The number of carboxylic acids is 1. The fourth-order valence-corrected chi connectivity index (χ4v) is 6.09. The van der Waals surface area contributed by atoms with Crippen LogP contribution in [0.25, 0.3) is 27.4 Å². The van der Waals surface area contributed by atoms with Gasteiger partial charge in [0.1, 0.15) is 15.5 Å². The number of carbonyl (C=O) groups is 2. The number of nitrogens with one attached hydrogen (secondary N) is 2. The van der Waals surface area contributed by atoms with Gasteiger partial charge in [-0.1, -0.05) is 17.3 Å². The molecule has 0 aliphatic carbocycles. The first kappa shape index (κ1) is 31.7. The SMILES string of the molecule is CC(C)(C)OC(=O)NCCNS(=O)(=O)c1ccc(-c2cc(C(=O)O)cc(-n3cc(-c4ccc(C(F)(F)F)cc4)nn3)c2)s1. The number of sulfonamides is 1. The van der Waals surface area contributed by atoms with E-state index in [1.165, 1.54) is 47.3 Å². The molecule has 1 amide bonds. The molecular weight excluding hydrogens is 611 g/mol. The van der Waals surface area contributed by atoms with E-state index in [0.717, 1.165) is 23.5 Å². The quantitative estimate of drug-likeness (QED) is 0.212. The number of halogens is 3. The number of aromatic nitrogens is 3. The van der Waals surface area contributed by atoms with E-state index < -0.39 is 39.4 Å². The summed E-state index contributed by atoms with van der Waals surface area (Å²) in [4.78, 5) is 24.0. The number of hydrogen-bond acceptors (Lipinski definition) is 8. The van der Waals surface area contributed by atoms with Crippen LogP contribution in [-0.2, 0) is 20.9 Å². The standard InChI is InChI=1S/C27H26F3N5O6S2/c1-26(2,3)41-25(38)31-10-11-32-43(39,40)23-9-8-22(42-23)17-12-18(24(36)37)14-20(13-17)35-15-21(33-34-35)16-4-6-19(7-5-16)27(28,29)30/h4-9,12-15,32H,10-11H2,1-3H3,(H,31,38)(H,36,37). The molecule has 43 heavy (non-hydrogen) atoms. The number of hydrogen-bond donors (Lipinski definition) is 3. The summed E-state index contributed by atoms with van der Waals surface area (Å²) in [5.41, 5.74) is -0.319. The van der Waals surface area contributed by atoms with Crippen molar-refractivity contribution in [2.75, 3.05) is 13.1 Å². The van der Waals surface area contributed by atoms with Gasteiger partial charge >= 0.3 is 18.2 Å². The van der Waals surface area contributed by atoms with Crippen LogP contribution in [0.3, 0.4) is 0 Å². The first-order valence-corrected chi connectivity index (χ1v) is 14.9. The van der Waals surface area contributed by atoms with E-state index in [1.807, 2.05) is 0 Å². The second-order valence-electron chi connectivity index (χ2n) is 10.1. The highest BCUT2D eigenvalue weighted by Gasteiger charge is 2.30. The van der Waals surface area contributed by atoms with Crippen molar-refractivity contribution in [3.05, 3.63) is 71.9 Å². The van der Waals surface area contributed by atoms with Crippen LogP contribution in [0.2, 0.25) is 0 Å². The summed E-state index contributed by atoms with van der Waals surface area (Å²) in [5.74, 6) is -1.24. The number of alkyl halides is 3. The first-order chi connectivity index (χ1) is 20.0. The van der Waals surface area contributed by atoms with E-state index in [1.54, 1.807) is 26.8 Å². The van der Waals surface area contributed by atoms with Crippen LogP contribution in [-0.4, -0.2) is 59.3 Å². The number of carbonyl (C=O) groups excluding carboxylic acids is 1. The molecule has 0 aliphatic heterocycles. The molecule has 3 N–H and O–H groups in total. The predicted octanol–water partition coefficient (Wildman–Crippen LogP) is 5.18. The lowest BCUT2D eigenvalue weighted by molar-refractivity contribution is -0.137. The fraction of sp³-hybridized carbons (Fsp3) is 0.259. The summed E-state index contributed by atoms with van der Waals surface area (Å²) in [5, 5.41) is 20.1. The van der Waals surface area contributed by atoms with E-state index in [2.05, 4.69) is 20.4 Å². The number of amides is 1. The fourth-order valence-electron chi connectivity index (χ4n) is 3.72. The van der Waals surface area contributed by atoms with E-state index in [9.17, 15) is 36.3 Å². The minimum atomic E-state index is -4.49. The van der Waals surface area contributed by atoms with Crippen molar-refractivity contribution in [1.82, 2.24) is 25.0 Å². The van der Waals surface area contributed by atoms with E-state index in [-0.39, 0.29) is 34.2 Å². The number of carboxylic acid groups (broad SMARTS) is 1. The smallest absolute Gasteiger partial charge is 0.416 e. The molecule has 2 aromatic heterocycles. The number of thiophene rings is 1. The summed E-state index contributed by atoms with van der Waals surface area (Å²) in [6, 6.07) is 11.5. The number of rotatable bonds is 9. The molecule has 4 rings (SSSR count). The molecule has 0 saturated heterocycles. The van der Waals surface area contributed by atoms with Crippen molar-refractivity contribution >= 4 is 33.4 Å². The van der Waals surface area contributed by atoms with Crippen molar-refractivity contribution in [3.63, 3.8) is 0 Å². The lowest BCUT2D eigenvalue weighted by Crippen LogP contribution is -2.37. The Balaban J connectivity index is 1.53. The predicted molar refractivity (Wildman–Crippen MR) is 151 cm³/mol. The van der Waals surface area contributed by atoms with Gasteiger partial charge in [0.05, 0.1) is 23.0 Å². The topological polar surface area (TPSA) is 153 Å². The van der Waals surface area contributed by atoms with Crippen LogP contribution in [0, 0.1) is 0 Å². The monoisotopic (exact) mass is 637 g/mol. The van der Waals surface area contributed by atoms with Gasteiger partial charge in [-0.15, -0.1) is 16.4 Å². The normalized spacial score (nSPS) is 12.2. The Labute approximate surface area is 248 Å². The maximum atomic E-state index is 12.9. The van der Waals surface area contributed by atoms with Crippen molar-refractivity contribution < 1.29 is 41.0 Å². The Morgan fingerprint density at radius 2 is 1.70 bits per heavy atom. The zero-order valence-electron chi connectivity index (χ0n) is 23.0. The minimum Gasteiger partial charge on any atom is -0.478 e. The Bertz CT molecular complexity index is 1740. The van der Waals surface area contributed by atoms with Crippen molar-refractivity contribution in [2.24, 2.45) is 0 Å². The third kappa shape index (κ3) is 8.18. The zero-order chi connectivity index (χ0) is 31.6. The van der Waals surface area contributed by atoms with Gasteiger partial charge in [-0.3, -0.25) is 0 Å². The summed E-state index contributed by atoms with van der Waals surface area (Å²) in [6.07, 6.45) is -3.73. The molecule has 0 fully saturated rings. The average molecular weight is 638 g/mol. The molecule has 16 heteroatoms. The van der Waals surface area contributed by atoms with Gasteiger partial charge in [-0.2, -0.15) is 13.2 Å². The molecule has 0 saturated carbocycles. The van der Waals surface area contributed by atoms with Crippen LogP contribution >= 0.6 is 11.3 Å². The molecule has 0 unspecified atom stereocenters. The Morgan fingerprint density at radius 1 is 1.00 bits per heavy atom. The average Bonchev–Trinajstić information content (AvgIpc) is 3.61. The summed E-state index contributed by atoms with van der Waals surface area (Å²) < 4.78 is 73.0. The highest BCUT2D eigenvalue weighted by molar-refractivity contribution is 7.91.